The number of halogens is 3. The van der Waals surface area contributed by atoms with Crippen molar-refractivity contribution in [1.82, 2.24) is 9.97 Å². The second kappa shape index (κ2) is 4.76. The van der Waals surface area contributed by atoms with Gasteiger partial charge >= 0.3 is 6.18 Å². The molecule has 2 saturated carbocycles. The standard InChI is InChI=1S/C12H16F3N5/c13-12(14,15)9-5-10(18-11(17-9)19-16)20(8-3-4-8)6-7-1-2-7/h5,7-8H,1-4,6,16H2,(H,17,18,19). The maximum absolute atomic E-state index is 12.9. The zero-order chi connectivity index (χ0) is 14.3. The van der Waals surface area contributed by atoms with Gasteiger partial charge in [0.25, 0.3) is 0 Å². The average Bonchev–Trinajstić information content (AvgIpc) is 3.26. The van der Waals surface area contributed by atoms with E-state index in [2.05, 4.69) is 15.4 Å². The Morgan fingerprint density at radius 3 is 2.45 bits per heavy atom. The fourth-order valence-corrected chi connectivity index (χ4v) is 2.19. The molecule has 3 rings (SSSR count). The van der Waals surface area contributed by atoms with Gasteiger partial charge in [-0.1, -0.05) is 0 Å². The van der Waals surface area contributed by atoms with Crippen molar-refractivity contribution in [3.8, 4) is 0 Å². The van der Waals surface area contributed by atoms with Crippen molar-refractivity contribution in [2.24, 2.45) is 11.8 Å². The molecule has 0 unspecified atom stereocenters. The Labute approximate surface area is 114 Å². The minimum atomic E-state index is -4.50. The van der Waals surface area contributed by atoms with Crippen LogP contribution in [0.15, 0.2) is 6.07 Å². The highest BCUT2D eigenvalue weighted by molar-refractivity contribution is 5.47. The number of aromatic nitrogens is 2. The first-order valence-corrected chi connectivity index (χ1v) is 6.67. The Kier molecular flexibility index (Phi) is 3.19. The third-order valence-corrected chi connectivity index (χ3v) is 3.57. The summed E-state index contributed by atoms with van der Waals surface area (Å²) < 4.78 is 38.6. The predicted octanol–water partition coefficient (Wildman–Crippen LogP) is 2.16. The second-order valence-corrected chi connectivity index (χ2v) is 5.40. The van der Waals surface area contributed by atoms with Gasteiger partial charge in [-0.2, -0.15) is 18.2 Å². The lowest BCUT2D eigenvalue weighted by Crippen LogP contribution is -2.30. The van der Waals surface area contributed by atoms with Crippen LogP contribution in [-0.2, 0) is 6.18 Å². The monoisotopic (exact) mass is 287 g/mol. The van der Waals surface area contributed by atoms with Crippen LogP contribution in [0.1, 0.15) is 31.4 Å². The number of hydrazine groups is 1. The minimum absolute atomic E-state index is 0.198. The van der Waals surface area contributed by atoms with Crippen molar-refractivity contribution in [3.63, 3.8) is 0 Å². The van der Waals surface area contributed by atoms with Gasteiger partial charge in [0.2, 0.25) is 5.95 Å². The van der Waals surface area contributed by atoms with Gasteiger partial charge in [0.05, 0.1) is 0 Å². The SMILES string of the molecule is NNc1nc(N(CC2CC2)C2CC2)cc(C(F)(F)F)n1. The highest BCUT2D eigenvalue weighted by Gasteiger charge is 2.38. The van der Waals surface area contributed by atoms with Gasteiger partial charge in [-0.05, 0) is 31.6 Å². The van der Waals surface area contributed by atoms with Crippen LogP contribution in [-0.4, -0.2) is 22.6 Å². The number of nitrogens with one attached hydrogen (secondary N) is 1. The van der Waals surface area contributed by atoms with E-state index < -0.39 is 11.9 Å². The second-order valence-electron chi connectivity index (χ2n) is 5.40. The van der Waals surface area contributed by atoms with Crippen LogP contribution < -0.4 is 16.2 Å². The molecule has 0 atom stereocenters. The smallest absolute Gasteiger partial charge is 0.353 e. The van der Waals surface area contributed by atoms with Crippen LogP contribution >= 0.6 is 0 Å². The molecule has 1 aromatic rings. The summed E-state index contributed by atoms with van der Waals surface area (Å²) in [4.78, 5) is 9.44. The summed E-state index contributed by atoms with van der Waals surface area (Å²) in [7, 11) is 0. The molecule has 0 saturated heterocycles. The Balaban J connectivity index is 1.92. The Morgan fingerprint density at radius 2 is 1.95 bits per heavy atom. The lowest BCUT2D eigenvalue weighted by atomic mass is 10.3. The molecule has 0 aliphatic heterocycles. The van der Waals surface area contributed by atoms with E-state index in [0.29, 0.717) is 17.8 Å². The molecule has 0 aromatic carbocycles. The van der Waals surface area contributed by atoms with Crippen molar-refractivity contribution in [2.75, 3.05) is 16.9 Å². The van der Waals surface area contributed by atoms with Crippen LogP contribution in [0.2, 0.25) is 0 Å². The molecule has 0 bridgehead atoms. The quantitative estimate of drug-likeness (QED) is 0.641. The topological polar surface area (TPSA) is 67.1 Å². The molecule has 2 aliphatic carbocycles. The molecule has 3 N–H and O–H groups in total. The first-order chi connectivity index (χ1) is 9.47. The van der Waals surface area contributed by atoms with Gasteiger partial charge in [-0.3, -0.25) is 5.43 Å². The number of nitrogens with zero attached hydrogens (tertiary/aromatic N) is 3. The molecule has 1 heterocycles. The minimum Gasteiger partial charge on any atom is -0.353 e. The molecule has 2 aliphatic rings. The van der Waals surface area contributed by atoms with Crippen molar-refractivity contribution in [3.05, 3.63) is 11.8 Å². The number of anilines is 2. The summed E-state index contributed by atoms with van der Waals surface area (Å²) in [6.07, 6.45) is -0.212. The molecular formula is C12H16F3N5. The molecule has 1 aromatic heterocycles. The number of rotatable bonds is 5. The van der Waals surface area contributed by atoms with Crippen molar-refractivity contribution in [2.45, 2.75) is 37.9 Å². The van der Waals surface area contributed by atoms with E-state index in [-0.39, 0.29) is 5.95 Å². The predicted molar refractivity (Wildman–Crippen MR) is 67.9 cm³/mol. The van der Waals surface area contributed by atoms with E-state index in [4.69, 9.17) is 5.84 Å². The zero-order valence-corrected chi connectivity index (χ0v) is 10.8. The van der Waals surface area contributed by atoms with E-state index in [9.17, 15) is 13.2 Å². The van der Waals surface area contributed by atoms with Crippen LogP contribution in [0, 0.1) is 5.92 Å². The maximum atomic E-state index is 12.9. The molecule has 8 heteroatoms. The number of nitrogens with two attached hydrogens (primary N) is 1. The fourth-order valence-electron chi connectivity index (χ4n) is 2.19. The average molecular weight is 287 g/mol. The number of hydrogen-bond acceptors (Lipinski definition) is 5. The van der Waals surface area contributed by atoms with Gasteiger partial charge < -0.3 is 4.90 Å². The number of alkyl halides is 3. The van der Waals surface area contributed by atoms with Crippen molar-refractivity contribution >= 4 is 11.8 Å². The van der Waals surface area contributed by atoms with E-state index in [1.54, 1.807) is 0 Å². The van der Waals surface area contributed by atoms with Crippen LogP contribution in [0.3, 0.4) is 0 Å². The zero-order valence-electron chi connectivity index (χ0n) is 10.8. The molecule has 0 radical (unpaired) electrons. The first kappa shape index (κ1) is 13.4. The summed E-state index contributed by atoms with van der Waals surface area (Å²) in [5.74, 6) is 5.87. The largest absolute Gasteiger partial charge is 0.433 e. The summed E-state index contributed by atoms with van der Waals surface area (Å²) in [5, 5.41) is 0. The van der Waals surface area contributed by atoms with Crippen LogP contribution in [0.25, 0.3) is 0 Å². The molecular weight excluding hydrogens is 271 g/mol. The van der Waals surface area contributed by atoms with E-state index >= 15 is 0 Å². The van der Waals surface area contributed by atoms with Gasteiger partial charge in [0.1, 0.15) is 5.82 Å². The lowest BCUT2D eigenvalue weighted by molar-refractivity contribution is -0.141. The van der Waals surface area contributed by atoms with Gasteiger partial charge in [0, 0.05) is 18.7 Å². The first-order valence-electron chi connectivity index (χ1n) is 6.67. The summed E-state index contributed by atoms with van der Waals surface area (Å²) in [6.45, 7) is 0.767. The maximum Gasteiger partial charge on any atom is 0.433 e. The summed E-state index contributed by atoms with van der Waals surface area (Å²) in [6, 6.07) is 1.32. The van der Waals surface area contributed by atoms with Gasteiger partial charge in [0.15, 0.2) is 5.69 Å². The van der Waals surface area contributed by atoms with E-state index in [0.717, 1.165) is 38.3 Å². The molecule has 110 valence electrons. The Bertz CT molecular complexity index is 496. The van der Waals surface area contributed by atoms with E-state index in [1.165, 1.54) is 0 Å². The van der Waals surface area contributed by atoms with E-state index in [1.807, 2.05) is 4.90 Å². The fraction of sp³-hybridized carbons (Fsp3) is 0.667. The third kappa shape index (κ3) is 2.95. The van der Waals surface area contributed by atoms with Gasteiger partial charge in [-0.25, -0.2) is 10.8 Å². The normalized spacial score (nSPS) is 19.0. The number of hydrogen-bond donors (Lipinski definition) is 2. The molecule has 2 fully saturated rings. The summed E-state index contributed by atoms with van der Waals surface area (Å²) >= 11 is 0. The molecule has 5 nitrogen and oxygen atoms in total. The molecule has 20 heavy (non-hydrogen) atoms. The van der Waals surface area contributed by atoms with Crippen LogP contribution in [0.5, 0.6) is 0 Å². The van der Waals surface area contributed by atoms with Gasteiger partial charge in [-0.15, -0.1) is 0 Å². The Hall–Kier alpha value is -1.57. The lowest BCUT2D eigenvalue weighted by Gasteiger charge is -2.24. The Morgan fingerprint density at radius 1 is 1.25 bits per heavy atom. The van der Waals surface area contributed by atoms with Crippen molar-refractivity contribution in [1.29, 1.82) is 0 Å². The molecule has 0 spiro atoms. The summed E-state index contributed by atoms with van der Waals surface area (Å²) in [5.41, 5.74) is 1.15. The number of nitrogen functional groups attached to an aromatic ring is 1. The van der Waals surface area contributed by atoms with Crippen molar-refractivity contribution < 1.29 is 13.2 Å². The highest BCUT2D eigenvalue weighted by atomic mass is 19.4. The third-order valence-electron chi connectivity index (χ3n) is 3.57. The van der Waals surface area contributed by atoms with Crippen LogP contribution in [0.4, 0.5) is 24.9 Å². The highest BCUT2D eigenvalue weighted by Crippen LogP contribution is 2.38. The molecule has 0 amide bonds.